The number of carbonyl (C=O) groups excluding carboxylic acids is 1. The number of carbonyl (C=O) groups is 1. The van der Waals surface area contributed by atoms with Gasteiger partial charge in [0, 0.05) is 12.8 Å². The summed E-state index contributed by atoms with van der Waals surface area (Å²) >= 11 is 1.41. The molecule has 0 aliphatic carbocycles. The number of rotatable bonds is 3. The Morgan fingerprint density at radius 2 is 1.79 bits per heavy atom. The summed E-state index contributed by atoms with van der Waals surface area (Å²) in [4.78, 5) is 17.3. The largest absolute Gasteiger partial charge is 0.317 e. The number of aryl methyl sites for hydroxylation is 1. The standard InChI is InChI=1S/C17H16N2O3S2/c1-3-19-13-9-5-6-10-14(13)23-17(19)18-16(20)12-8-4-7-11-15(12)24(2,21)22/h4-11H,3H2,1-2H3. The highest BCUT2D eigenvalue weighted by Gasteiger charge is 2.18. The molecule has 1 aromatic heterocycles. The third kappa shape index (κ3) is 3.05. The topological polar surface area (TPSA) is 68.5 Å². The molecule has 1 heterocycles. The summed E-state index contributed by atoms with van der Waals surface area (Å²) in [6.07, 6.45) is 1.09. The molecule has 0 fully saturated rings. The minimum absolute atomic E-state index is 0.00269. The highest BCUT2D eigenvalue weighted by atomic mass is 32.2. The molecule has 0 unspecified atom stereocenters. The van der Waals surface area contributed by atoms with Gasteiger partial charge in [0.1, 0.15) is 0 Å². The number of fused-ring (bicyclic) bond motifs is 1. The fourth-order valence-electron chi connectivity index (χ4n) is 2.53. The van der Waals surface area contributed by atoms with E-state index in [1.807, 2.05) is 35.8 Å². The lowest BCUT2D eigenvalue weighted by Gasteiger charge is -2.04. The van der Waals surface area contributed by atoms with Crippen molar-refractivity contribution in [2.24, 2.45) is 4.99 Å². The first-order valence-electron chi connectivity index (χ1n) is 7.38. The van der Waals surface area contributed by atoms with Crippen LogP contribution in [0.15, 0.2) is 58.4 Å². The molecular formula is C17H16N2O3S2. The molecule has 0 spiro atoms. The SMILES string of the molecule is CCn1c(=NC(=O)c2ccccc2S(C)(=O)=O)sc2ccccc21. The summed E-state index contributed by atoms with van der Waals surface area (Å²) in [5, 5.41) is 0. The van der Waals surface area contributed by atoms with Crippen LogP contribution in [0.4, 0.5) is 0 Å². The van der Waals surface area contributed by atoms with Gasteiger partial charge in [0.15, 0.2) is 14.6 Å². The number of benzene rings is 2. The fourth-order valence-corrected chi connectivity index (χ4v) is 4.50. The zero-order valence-electron chi connectivity index (χ0n) is 13.3. The Balaban J connectivity index is 2.19. The molecule has 0 atom stereocenters. The number of thiazole rings is 1. The van der Waals surface area contributed by atoms with Crippen LogP contribution in [0.2, 0.25) is 0 Å². The lowest BCUT2D eigenvalue weighted by atomic mass is 10.2. The third-order valence-electron chi connectivity index (χ3n) is 3.62. The number of amides is 1. The van der Waals surface area contributed by atoms with E-state index >= 15 is 0 Å². The second-order valence-corrected chi connectivity index (χ2v) is 8.28. The maximum atomic E-state index is 12.6. The lowest BCUT2D eigenvalue weighted by Crippen LogP contribution is -2.17. The van der Waals surface area contributed by atoms with Gasteiger partial charge < -0.3 is 4.57 Å². The average Bonchev–Trinajstić information content (AvgIpc) is 2.91. The van der Waals surface area contributed by atoms with Crippen LogP contribution < -0.4 is 4.80 Å². The van der Waals surface area contributed by atoms with Crippen LogP contribution in [0.25, 0.3) is 10.2 Å². The van der Waals surface area contributed by atoms with E-state index in [0.29, 0.717) is 11.3 Å². The zero-order valence-corrected chi connectivity index (χ0v) is 14.9. The molecule has 0 radical (unpaired) electrons. The van der Waals surface area contributed by atoms with Crippen molar-refractivity contribution in [2.75, 3.05) is 6.26 Å². The number of hydrogen-bond donors (Lipinski definition) is 0. The second-order valence-electron chi connectivity index (χ2n) is 5.28. The van der Waals surface area contributed by atoms with Crippen LogP contribution in [-0.4, -0.2) is 25.1 Å². The summed E-state index contributed by atoms with van der Waals surface area (Å²) in [7, 11) is -3.50. The minimum atomic E-state index is -3.50. The van der Waals surface area contributed by atoms with Crippen molar-refractivity contribution in [1.29, 1.82) is 0 Å². The van der Waals surface area contributed by atoms with E-state index in [-0.39, 0.29) is 10.5 Å². The van der Waals surface area contributed by atoms with E-state index < -0.39 is 15.7 Å². The van der Waals surface area contributed by atoms with Gasteiger partial charge in [-0.2, -0.15) is 4.99 Å². The third-order valence-corrected chi connectivity index (χ3v) is 5.83. The van der Waals surface area contributed by atoms with Crippen LogP contribution in [-0.2, 0) is 16.4 Å². The minimum Gasteiger partial charge on any atom is -0.317 e. The maximum absolute atomic E-state index is 12.6. The van der Waals surface area contributed by atoms with E-state index in [2.05, 4.69) is 4.99 Å². The first kappa shape index (κ1) is 16.6. The molecule has 1 amide bonds. The van der Waals surface area contributed by atoms with Crippen molar-refractivity contribution in [3.05, 3.63) is 58.9 Å². The van der Waals surface area contributed by atoms with E-state index in [1.54, 1.807) is 12.1 Å². The van der Waals surface area contributed by atoms with Crippen LogP contribution in [0.3, 0.4) is 0 Å². The molecule has 3 aromatic rings. The molecular weight excluding hydrogens is 344 g/mol. The Kier molecular flexibility index (Phi) is 4.38. The molecule has 0 bridgehead atoms. The normalized spacial score (nSPS) is 12.7. The van der Waals surface area contributed by atoms with Gasteiger partial charge in [-0.1, -0.05) is 35.6 Å². The van der Waals surface area contributed by atoms with E-state index in [9.17, 15) is 13.2 Å². The highest BCUT2D eigenvalue weighted by Crippen LogP contribution is 2.18. The molecule has 124 valence electrons. The number of aromatic nitrogens is 1. The first-order valence-corrected chi connectivity index (χ1v) is 10.1. The molecule has 24 heavy (non-hydrogen) atoms. The van der Waals surface area contributed by atoms with Gasteiger partial charge in [-0.15, -0.1) is 0 Å². The molecule has 2 aromatic carbocycles. The lowest BCUT2D eigenvalue weighted by molar-refractivity contribution is 0.0994. The fraction of sp³-hybridized carbons (Fsp3) is 0.176. The predicted molar refractivity (Wildman–Crippen MR) is 94.9 cm³/mol. The van der Waals surface area contributed by atoms with Gasteiger partial charge in [0.2, 0.25) is 0 Å². The summed E-state index contributed by atoms with van der Waals surface area (Å²) in [5.74, 6) is -0.551. The van der Waals surface area contributed by atoms with Crippen molar-refractivity contribution in [3.8, 4) is 0 Å². The Bertz CT molecular complexity index is 1090. The van der Waals surface area contributed by atoms with Gasteiger partial charge in [0.25, 0.3) is 5.91 Å². The van der Waals surface area contributed by atoms with Crippen molar-refractivity contribution < 1.29 is 13.2 Å². The van der Waals surface area contributed by atoms with Crippen molar-refractivity contribution in [3.63, 3.8) is 0 Å². The van der Waals surface area contributed by atoms with Gasteiger partial charge in [0.05, 0.1) is 20.7 Å². The average molecular weight is 360 g/mol. The molecule has 0 saturated carbocycles. The van der Waals surface area contributed by atoms with Gasteiger partial charge in [-0.05, 0) is 31.2 Å². The van der Waals surface area contributed by atoms with Crippen LogP contribution in [0.5, 0.6) is 0 Å². The van der Waals surface area contributed by atoms with Crippen molar-refractivity contribution in [1.82, 2.24) is 4.57 Å². The highest BCUT2D eigenvalue weighted by molar-refractivity contribution is 7.90. The summed E-state index contributed by atoms with van der Waals surface area (Å²) < 4.78 is 26.7. The maximum Gasteiger partial charge on any atom is 0.280 e. The van der Waals surface area contributed by atoms with Gasteiger partial charge in [-0.25, -0.2) is 8.42 Å². The van der Waals surface area contributed by atoms with E-state index in [1.165, 1.54) is 23.5 Å². The summed E-state index contributed by atoms with van der Waals surface area (Å²) in [5.41, 5.74) is 1.10. The summed E-state index contributed by atoms with van der Waals surface area (Å²) in [6, 6.07) is 14.0. The Labute approximate surface area is 143 Å². The van der Waals surface area contributed by atoms with Crippen LogP contribution in [0, 0.1) is 0 Å². The second kappa shape index (κ2) is 6.33. The molecule has 0 N–H and O–H groups in total. The smallest absolute Gasteiger partial charge is 0.280 e. The molecule has 0 aliphatic rings. The molecule has 3 rings (SSSR count). The molecule has 7 heteroatoms. The van der Waals surface area contributed by atoms with E-state index in [0.717, 1.165) is 16.5 Å². The van der Waals surface area contributed by atoms with E-state index in [4.69, 9.17) is 0 Å². The monoisotopic (exact) mass is 360 g/mol. The van der Waals surface area contributed by atoms with Crippen LogP contribution in [0.1, 0.15) is 17.3 Å². The van der Waals surface area contributed by atoms with Gasteiger partial charge >= 0.3 is 0 Å². The Morgan fingerprint density at radius 3 is 2.50 bits per heavy atom. The zero-order chi connectivity index (χ0) is 17.3. The predicted octanol–water partition coefficient (Wildman–Crippen LogP) is 2.87. The number of sulfone groups is 1. The van der Waals surface area contributed by atoms with Gasteiger partial charge in [-0.3, -0.25) is 4.79 Å². The van der Waals surface area contributed by atoms with Crippen LogP contribution >= 0.6 is 11.3 Å². The molecule has 0 saturated heterocycles. The number of para-hydroxylation sites is 1. The molecule has 5 nitrogen and oxygen atoms in total. The number of hydrogen-bond acceptors (Lipinski definition) is 4. The van der Waals surface area contributed by atoms with Crippen molar-refractivity contribution >= 4 is 37.3 Å². The summed E-state index contributed by atoms with van der Waals surface area (Å²) in [6.45, 7) is 2.65. The first-order chi connectivity index (χ1) is 11.4. The Morgan fingerprint density at radius 1 is 1.12 bits per heavy atom. The van der Waals surface area contributed by atoms with Crippen molar-refractivity contribution in [2.45, 2.75) is 18.4 Å². The quantitative estimate of drug-likeness (QED) is 0.721. The Hall–Kier alpha value is -2.25. The number of nitrogens with zero attached hydrogens (tertiary/aromatic N) is 2. The molecule has 0 aliphatic heterocycles.